The Morgan fingerprint density at radius 1 is 1.44 bits per heavy atom. The molecule has 1 N–H and O–H groups in total. The van der Waals surface area contributed by atoms with Crippen LogP contribution in [0.1, 0.15) is 24.8 Å². The SMILES string of the molecule is N#CC1(CNCc2cccc(Br)c2)CCC1. The van der Waals surface area contributed by atoms with Crippen LogP contribution in [0.3, 0.4) is 0 Å². The van der Waals surface area contributed by atoms with Crippen molar-refractivity contribution in [3.05, 3.63) is 34.3 Å². The fraction of sp³-hybridized carbons (Fsp3) is 0.462. The second-order valence-electron chi connectivity index (χ2n) is 4.48. The second-order valence-corrected chi connectivity index (χ2v) is 5.39. The Bertz CT molecular complexity index is 405. The first-order chi connectivity index (χ1) is 7.74. The van der Waals surface area contributed by atoms with Crippen LogP contribution in [0.2, 0.25) is 0 Å². The zero-order chi connectivity index (χ0) is 11.4. The van der Waals surface area contributed by atoms with Gasteiger partial charge >= 0.3 is 0 Å². The Kier molecular flexibility index (Phi) is 3.63. The summed E-state index contributed by atoms with van der Waals surface area (Å²) in [5.41, 5.74) is 1.17. The van der Waals surface area contributed by atoms with Gasteiger partial charge < -0.3 is 5.32 Å². The molecule has 1 aliphatic rings. The summed E-state index contributed by atoms with van der Waals surface area (Å²) in [6.07, 6.45) is 3.30. The van der Waals surface area contributed by atoms with Crippen LogP contribution in [0, 0.1) is 16.7 Å². The van der Waals surface area contributed by atoms with Crippen LogP contribution in [0.5, 0.6) is 0 Å². The van der Waals surface area contributed by atoms with Crippen LogP contribution < -0.4 is 5.32 Å². The predicted molar refractivity (Wildman–Crippen MR) is 67.7 cm³/mol. The average Bonchev–Trinajstić information content (AvgIpc) is 2.22. The van der Waals surface area contributed by atoms with Gasteiger partial charge in [0.05, 0.1) is 11.5 Å². The summed E-state index contributed by atoms with van der Waals surface area (Å²) < 4.78 is 1.10. The highest BCUT2D eigenvalue weighted by Gasteiger charge is 2.36. The van der Waals surface area contributed by atoms with Gasteiger partial charge in [0.25, 0.3) is 0 Å². The molecule has 84 valence electrons. The van der Waals surface area contributed by atoms with Crippen molar-refractivity contribution < 1.29 is 0 Å². The summed E-state index contributed by atoms with van der Waals surface area (Å²) in [6.45, 7) is 1.65. The number of hydrogen-bond donors (Lipinski definition) is 1. The van der Waals surface area contributed by atoms with Crippen LogP contribution in [0.4, 0.5) is 0 Å². The van der Waals surface area contributed by atoms with Crippen molar-refractivity contribution >= 4 is 15.9 Å². The fourth-order valence-electron chi connectivity index (χ4n) is 2.02. The lowest BCUT2D eigenvalue weighted by Gasteiger charge is -2.35. The molecule has 2 nitrogen and oxygen atoms in total. The van der Waals surface area contributed by atoms with Crippen molar-refractivity contribution in [2.24, 2.45) is 5.41 Å². The molecule has 0 saturated heterocycles. The monoisotopic (exact) mass is 278 g/mol. The van der Waals surface area contributed by atoms with Crippen molar-refractivity contribution in [1.29, 1.82) is 5.26 Å². The Labute approximate surface area is 105 Å². The Hall–Kier alpha value is -0.850. The standard InChI is InChI=1S/C13H15BrN2/c14-12-4-1-3-11(7-12)8-16-10-13(9-15)5-2-6-13/h1,3-4,7,16H,2,5-6,8,10H2. The van der Waals surface area contributed by atoms with Gasteiger partial charge in [0, 0.05) is 17.6 Å². The quantitative estimate of drug-likeness (QED) is 0.918. The Morgan fingerprint density at radius 2 is 2.25 bits per heavy atom. The summed E-state index contributed by atoms with van der Waals surface area (Å²) in [5, 5.41) is 12.5. The minimum Gasteiger partial charge on any atom is -0.311 e. The highest BCUT2D eigenvalue weighted by atomic mass is 79.9. The molecular formula is C13H15BrN2. The van der Waals surface area contributed by atoms with Gasteiger partial charge in [-0.05, 0) is 30.5 Å². The summed E-state index contributed by atoms with van der Waals surface area (Å²) >= 11 is 3.45. The molecule has 1 saturated carbocycles. The third kappa shape index (κ3) is 2.63. The molecule has 0 aromatic heterocycles. The van der Waals surface area contributed by atoms with Gasteiger partial charge in [0.15, 0.2) is 0 Å². The largest absolute Gasteiger partial charge is 0.311 e. The van der Waals surface area contributed by atoms with E-state index in [1.807, 2.05) is 12.1 Å². The van der Waals surface area contributed by atoms with Crippen LogP contribution in [-0.4, -0.2) is 6.54 Å². The Morgan fingerprint density at radius 3 is 2.81 bits per heavy atom. The molecule has 3 heteroatoms. The average molecular weight is 279 g/mol. The minimum absolute atomic E-state index is 0.0774. The Balaban J connectivity index is 1.82. The van der Waals surface area contributed by atoms with E-state index in [0.717, 1.165) is 30.4 Å². The maximum absolute atomic E-state index is 9.08. The number of halogens is 1. The van der Waals surface area contributed by atoms with E-state index in [1.165, 1.54) is 12.0 Å². The summed E-state index contributed by atoms with van der Waals surface area (Å²) in [5.74, 6) is 0. The molecule has 1 aliphatic carbocycles. The lowest BCUT2D eigenvalue weighted by molar-refractivity contribution is 0.206. The molecule has 0 radical (unpaired) electrons. The van der Waals surface area contributed by atoms with Gasteiger partial charge in [-0.15, -0.1) is 0 Å². The fourth-order valence-corrected chi connectivity index (χ4v) is 2.47. The normalized spacial score (nSPS) is 17.5. The van der Waals surface area contributed by atoms with Crippen LogP contribution in [0.25, 0.3) is 0 Å². The van der Waals surface area contributed by atoms with E-state index >= 15 is 0 Å². The van der Waals surface area contributed by atoms with Crippen LogP contribution in [-0.2, 0) is 6.54 Å². The third-order valence-corrected chi connectivity index (χ3v) is 3.72. The van der Waals surface area contributed by atoms with Crippen molar-refractivity contribution in [1.82, 2.24) is 5.32 Å². The third-order valence-electron chi connectivity index (χ3n) is 3.23. The molecule has 0 heterocycles. The minimum atomic E-state index is -0.0774. The summed E-state index contributed by atoms with van der Waals surface area (Å²) in [7, 11) is 0. The van der Waals surface area contributed by atoms with E-state index in [9.17, 15) is 0 Å². The summed E-state index contributed by atoms with van der Waals surface area (Å²) in [6, 6.07) is 10.7. The van der Waals surface area contributed by atoms with Crippen molar-refractivity contribution in [2.75, 3.05) is 6.54 Å². The number of nitrogens with zero attached hydrogens (tertiary/aromatic N) is 1. The zero-order valence-corrected chi connectivity index (χ0v) is 10.8. The molecule has 0 aliphatic heterocycles. The van der Waals surface area contributed by atoms with E-state index in [4.69, 9.17) is 5.26 Å². The highest BCUT2D eigenvalue weighted by molar-refractivity contribution is 9.10. The highest BCUT2D eigenvalue weighted by Crippen LogP contribution is 2.39. The van der Waals surface area contributed by atoms with Gasteiger partial charge in [-0.25, -0.2) is 0 Å². The molecule has 16 heavy (non-hydrogen) atoms. The number of nitrogens with one attached hydrogen (secondary N) is 1. The molecule has 0 bridgehead atoms. The van der Waals surface area contributed by atoms with Gasteiger partial charge in [-0.3, -0.25) is 0 Å². The smallest absolute Gasteiger partial charge is 0.0703 e. The molecule has 1 aromatic rings. The molecule has 1 fully saturated rings. The first-order valence-corrected chi connectivity index (χ1v) is 6.40. The first kappa shape index (κ1) is 11.6. The van der Waals surface area contributed by atoms with Crippen molar-refractivity contribution in [3.8, 4) is 6.07 Å². The molecule has 0 unspecified atom stereocenters. The molecule has 0 atom stereocenters. The van der Waals surface area contributed by atoms with Gasteiger partial charge in [-0.2, -0.15) is 5.26 Å². The first-order valence-electron chi connectivity index (χ1n) is 5.61. The van der Waals surface area contributed by atoms with Crippen molar-refractivity contribution in [3.63, 3.8) is 0 Å². The number of rotatable bonds is 4. The maximum Gasteiger partial charge on any atom is 0.0703 e. The maximum atomic E-state index is 9.08. The zero-order valence-electron chi connectivity index (χ0n) is 9.17. The van der Waals surface area contributed by atoms with Crippen LogP contribution in [0.15, 0.2) is 28.7 Å². The molecule has 1 aromatic carbocycles. The number of hydrogen-bond acceptors (Lipinski definition) is 2. The van der Waals surface area contributed by atoms with E-state index in [1.54, 1.807) is 0 Å². The lowest BCUT2D eigenvalue weighted by Crippen LogP contribution is -2.38. The van der Waals surface area contributed by atoms with Gasteiger partial charge in [0.2, 0.25) is 0 Å². The summed E-state index contributed by atoms with van der Waals surface area (Å²) in [4.78, 5) is 0. The van der Waals surface area contributed by atoms with E-state index in [2.05, 4.69) is 39.4 Å². The lowest BCUT2D eigenvalue weighted by atomic mass is 9.70. The molecule has 0 spiro atoms. The topological polar surface area (TPSA) is 35.8 Å². The van der Waals surface area contributed by atoms with E-state index in [0.29, 0.717) is 0 Å². The number of benzene rings is 1. The second kappa shape index (κ2) is 4.99. The molecular weight excluding hydrogens is 264 g/mol. The number of nitriles is 1. The molecule has 0 amide bonds. The predicted octanol–water partition coefficient (Wildman–Crippen LogP) is 3.23. The molecule has 2 rings (SSSR count). The van der Waals surface area contributed by atoms with Gasteiger partial charge in [-0.1, -0.05) is 34.5 Å². The van der Waals surface area contributed by atoms with E-state index in [-0.39, 0.29) is 5.41 Å². The van der Waals surface area contributed by atoms with Gasteiger partial charge in [0.1, 0.15) is 0 Å². The van der Waals surface area contributed by atoms with Crippen LogP contribution >= 0.6 is 15.9 Å². The van der Waals surface area contributed by atoms with E-state index < -0.39 is 0 Å². The van der Waals surface area contributed by atoms with Crippen molar-refractivity contribution in [2.45, 2.75) is 25.8 Å².